The second kappa shape index (κ2) is 4.70. The number of piperidine rings is 1. The second-order valence-electron chi connectivity index (χ2n) is 4.98. The molecule has 0 unspecified atom stereocenters. The number of rotatable bonds is 1. The first kappa shape index (κ1) is 12.2. The number of hydrogen-bond donors (Lipinski definition) is 0. The van der Waals surface area contributed by atoms with Crippen LogP contribution in [0.5, 0.6) is 0 Å². The van der Waals surface area contributed by atoms with Gasteiger partial charge >= 0.3 is 0 Å². The lowest BCUT2D eigenvalue weighted by Gasteiger charge is -2.37. The molecule has 0 bridgehead atoms. The van der Waals surface area contributed by atoms with Crippen LogP contribution in [0.1, 0.15) is 29.6 Å². The van der Waals surface area contributed by atoms with Crippen molar-refractivity contribution < 1.29 is 14.3 Å². The fourth-order valence-corrected chi connectivity index (χ4v) is 2.74. The second-order valence-corrected chi connectivity index (χ2v) is 4.98. The molecule has 2 fully saturated rings. The van der Waals surface area contributed by atoms with Gasteiger partial charge in [-0.05, 0) is 18.9 Å². The van der Waals surface area contributed by atoms with Crippen molar-refractivity contribution in [3.63, 3.8) is 0 Å². The number of likely N-dealkylation sites (tertiary alicyclic amines) is 1. The van der Waals surface area contributed by atoms with Gasteiger partial charge in [0, 0.05) is 19.6 Å². The minimum Gasteiger partial charge on any atom is -0.367 e. The third-order valence-electron chi connectivity index (χ3n) is 3.85. The number of carbonyl (C=O) groups excluding carboxylic acids is 2. The number of ether oxygens (including phenoxy) is 1. The summed E-state index contributed by atoms with van der Waals surface area (Å²) in [7, 11) is 0. The molecule has 6 nitrogen and oxygen atoms in total. The summed E-state index contributed by atoms with van der Waals surface area (Å²) in [5, 5.41) is 7.32. The summed E-state index contributed by atoms with van der Waals surface area (Å²) < 4.78 is 5.62. The van der Waals surface area contributed by atoms with Crippen molar-refractivity contribution in [3.05, 3.63) is 24.0 Å². The summed E-state index contributed by atoms with van der Waals surface area (Å²) in [5.74, 6) is -0.150. The Bertz CT molecular complexity index is 497. The first-order valence-electron chi connectivity index (χ1n) is 6.44. The number of aromatic nitrogens is 2. The Labute approximate surface area is 110 Å². The molecule has 1 aromatic heterocycles. The van der Waals surface area contributed by atoms with E-state index in [4.69, 9.17) is 4.74 Å². The molecule has 0 aliphatic carbocycles. The lowest BCUT2D eigenvalue weighted by atomic mass is 9.87. The monoisotopic (exact) mass is 261 g/mol. The van der Waals surface area contributed by atoms with Crippen molar-refractivity contribution >= 4 is 11.7 Å². The van der Waals surface area contributed by atoms with E-state index in [1.165, 1.54) is 12.4 Å². The Morgan fingerprint density at radius 1 is 1.37 bits per heavy atom. The first-order valence-corrected chi connectivity index (χ1v) is 6.44. The van der Waals surface area contributed by atoms with Crippen LogP contribution in [0.25, 0.3) is 0 Å². The Morgan fingerprint density at radius 3 is 2.89 bits per heavy atom. The average Bonchev–Trinajstić information content (AvgIpc) is 2.92. The molecule has 1 amide bonds. The topological polar surface area (TPSA) is 72.4 Å². The van der Waals surface area contributed by atoms with Gasteiger partial charge in [-0.2, -0.15) is 10.2 Å². The largest absolute Gasteiger partial charge is 0.367 e. The third-order valence-corrected chi connectivity index (χ3v) is 3.85. The maximum absolute atomic E-state index is 12.2. The lowest BCUT2D eigenvalue weighted by molar-refractivity contribution is -0.144. The Hall–Kier alpha value is -1.82. The lowest BCUT2D eigenvalue weighted by Crippen LogP contribution is -2.53. The number of Topliss-reactive ketones (excluding diaryl/α,β-unsaturated/α-hetero) is 1. The standard InChI is InChI=1S/C13H15N3O3/c17-11-9-16(6-4-13(11)3-1-7-19-13)12(18)10-2-5-14-15-8-10/h2,5,8H,1,3-4,6-7,9H2/t13-/m1/s1. The average molecular weight is 261 g/mol. The smallest absolute Gasteiger partial charge is 0.255 e. The van der Waals surface area contributed by atoms with E-state index in [2.05, 4.69) is 10.2 Å². The van der Waals surface area contributed by atoms with Crippen LogP contribution in [0.2, 0.25) is 0 Å². The van der Waals surface area contributed by atoms with Gasteiger partial charge in [0.15, 0.2) is 5.78 Å². The molecule has 1 aromatic rings. The van der Waals surface area contributed by atoms with E-state index in [1.807, 2.05) is 0 Å². The zero-order valence-electron chi connectivity index (χ0n) is 10.5. The highest BCUT2D eigenvalue weighted by Gasteiger charge is 2.46. The van der Waals surface area contributed by atoms with Gasteiger partial charge in [-0.3, -0.25) is 9.59 Å². The maximum Gasteiger partial charge on any atom is 0.255 e. The van der Waals surface area contributed by atoms with Crippen LogP contribution in [0.4, 0.5) is 0 Å². The van der Waals surface area contributed by atoms with Crippen LogP contribution >= 0.6 is 0 Å². The molecule has 2 aliphatic heterocycles. The zero-order chi connectivity index (χ0) is 13.3. The zero-order valence-corrected chi connectivity index (χ0v) is 10.5. The molecule has 3 rings (SSSR count). The molecule has 0 aromatic carbocycles. The van der Waals surface area contributed by atoms with Crippen molar-refractivity contribution in [2.24, 2.45) is 0 Å². The van der Waals surface area contributed by atoms with Gasteiger partial charge in [0.25, 0.3) is 5.91 Å². The molecule has 19 heavy (non-hydrogen) atoms. The minimum absolute atomic E-state index is 0.0200. The van der Waals surface area contributed by atoms with Gasteiger partial charge in [0.1, 0.15) is 5.60 Å². The number of ketones is 1. The molecular weight excluding hydrogens is 246 g/mol. The molecule has 1 atom stereocenters. The highest BCUT2D eigenvalue weighted by molar-refractivity contribution is 5.99. The van der Waals surface area contributed by atoms with Gasteiger partial charge < -0.3 is 9.64 Å². The molecular formula is C13H15N3O3. The summed E-state index contributed by atoms with van der Waals surface area (Å²) in [4.78, 5) is 26.0. The van der Waals surface area contributed by atoms with Gasteiger partial charge in [0.2, 0.25) is 0 Å². The fourth-order valence-electron chi connectivity index (χ4n) is 2.74. The highest BCUT2D eigenvalue weighted by atomic mass is 16.5. The van der Waals surface area contributed by atoms with Crippen LogP contribution in [0.15, 0.2) is 18.5 Å². The predicted octanol–water partition coefficient (Wildman–Crippen LogP) is 0.441. The van der Waals surface area contributed by atoms with Crippen LogP contribution in [-0.4, -0.2) is 52.1 Å². The number of carbonyl (C=O) groups is 2. The Morgan fingerprint density at radius 2 is 2.26 bits per heavy atom. The molecule has 0 N–H and O–H groups in total. The quantitative estimate of drug-likeness (QED) is 0.733. The molecule has 100 valence electrons. The summed E-state index contributed by atoms with van der Waals surface area (Å²) in [5.41, 5.74) is -0.154. The fraction of sp³-hybridized carbons (Fsp3) is 0.538. The van der Waals surface area contributed by atoms with Gasteiger partial charge in [-0.1, -0.05) is 0 Å². The Kier molecular flexibility index (Phi) is 3.02. The van der Waals surface area contributed by atoms with E-state index in [-0.39, 0.29) is 18.2 Å². The third kappa shape index (κ3) is 2.12. The SMILES string of the molecule is O=C(c1ccnnc1)N1CC[C@]2(CCCO2)C(=O)C1. The van der Waals surface area contributed by atoms with Crippen LogP contribution in [0.3, 0.4) is 0 Å². The van der Waals surface area contributed by atoms with Crippen LogP contribution in [-0.2, 0) is 9.53 Å². The van der Waals surface area contributed by atoms with Crippen molar-refractivity contribution in [1.82, 2.24) is 15.1 Å². The first-order chi connectivity index (χ1) is 9.21. The summed E-state index contributed by atoms with van der Waals surface area (Å²) in [6, 6.07) is 1.61. The molecule has 0 saturated carbocycles. The van der Waals surface area contributed by atoms with Gasteiger partial charge in [-0.15, -0.1) is 0 Å². The van der Waals surface area contributed by atoms with Crippen molar-refractivity contribution in [2.45, 2.75) is 24.9 Å². The molecule has 2 aliphatic rings. The van der Waals surface area contributed by atoms with Crippen molar-refractivity contribution in [2.75, 3.05) is 19.7 Å². The number of nitrogens with zero attached hydrogens (tertiary/aromatic N) is 3. The summed E-state index contributed by atoms with van der Waals surface area (Å²) in [6.07, 6.45) is 5.19. The maximum atomic E-state index is 12.2. The number of hydrogen-bond acceptors (Lipinski definition) is 5. The van der Waals surface area contributed by atoms with E-state index in [0.29, 0.717) is 25.1 Å². The van der Waals surface area contributed by atoms with Crippen LogP contribution in [0, 0.1) is 0 Å². The summed E-state index contributed by atoms with van der Waals surface area (Å²) >= 11 is 0. The normalized spacial score (nSPS) is 26.9. The molecule has 2 saturated heterocycles. The van der Waals surface area contributed by atoms with Gasteiger partial charge in [0.05, 0.1) is 24.5 Å². The molecule has 1 spiro atoms. The predicted molar refractivity (Wildman–Crippen MR) is 65.5 cm³/mol. The minimum atomic E-state index is -0.618. The van der Waals surface area contributed by atoms with Crippen molar-refractivity contribution in [3.8, 4) is 0 Å². The van der Waals surface area contributed by atoms with E-state index >= 15 is 0 Å². The van der Waals surface area contributed by atoms with E-state index in [1.54, 1.807) is 11.0 Å². The van der Waals surface area contributed by atoms with Crippen molar-refractivity contribution in [1.29, 1.82) is 0 Å². The van der Waals surface area contributed by atoms with Gasteiger partial charge in [-0.25, -0.2) is 0 Å². The highest BCUT2D eigenvalue weighted by Crippen LogP contribution is 2.33. The molecule has 0 radical (unpaired) electrons. The summed E-state index contributed by atoms with van der Waals surface area (Å²) in [6.45, 7) is 1.32. The van der Waals surface area contributed by atoms with E-state index < -0.39 is 5.60 Å². The van der Waals surface area contributed by atoms with E-state index in [9.17, 15) is 9.59 Å². The molecule has 6 heteroatoms. The number of amides is 1. The Balaban J connectivity index is 1.72. The van der Waals surface area contributed by atoms with E-state index in [0.717, 1.165) is 12.8 Å². The molecule has 3 heterocycles. The van der Waals surface area contributed by atoms with Crippen LogP contribution < -0.4 is 0 Å².